The van der Waals surface area contributed by atoms with Crippen molar-refractivity contribution in [3.05, 3.63) is 54.7 Å². The fourth-order valence-electron chi connectivity index (χ4n) is 2.94. The number of carboxylic acid groups (broad SMARTS) is 1. The molecule has 0 aliphatic rings. The van der Waals surface area contributed by atoms with Crippen LogP contribution in [0.4, 0.5) is 22.2 Å². The van der Waals surface area contributed by atoms with Crippen LogP contribution in [0.3, 0.4) is 0 Å². The minimum absolute atomic E-state index is 0.00128. The molecule has 3 heterocycles. The number of pyridine rings is 2. The van der Waals surface area contributed by atoms with Gasteiger partial charge >= 0.3 is 6.09 Å². The maximum Gasteiger partial charge on any atom is 0.414 e. The fourth-order valence-corrected chi connectivity index (χ4v) is 2.94. The van der Waals surface area contributed by atoms with Crippen LogP contribution in [-0.2, 0) is 0 Å². The second kappa shape index (κ2) is 9.26. The topological polar surface area (TPSA) is 183 Å². The Labute approximate surface area is 189 Å². The summed E-state index contributed by atoms with van der Waals surface area (Å²) in [7, 11) is 0. The molecule has 2 amide bonds. The Morgan fingerprint density at radius 3 is 2.45 bits per heavy atom. The summed E-state index contributed by atoms with van der Waals surface area (Å²) in [6.45, 7) is 4.82. The molecule has 0 saturated carbocycles. The number of rotatable bonds is 4. The quantitative estimate of drug-likeness (QED) is 0.295. The van der Waals surface area contributed by atoms with Crippen LogP contribution in [0.2, 0.25) is 0 Å². The summed E-state index contributed by atoms with van der Waals surface area (Å²) in [4.78, 5) is 41.4. The van der Waals surface area contributed by atoms with E-state index in [1.54, 1.807) is 51.4 Å². The van der Waals surface area contributed by atoms with Gasteiger partial charge in [-0.05, 0) is 50.6 Å². The van der Waals surface area contributed by atoms with Gasteiger partial charge in [0.1, 0.15) is 23.8 Å². The smallest absolute Gasteiger partial charge is 0.414 e. The van der Waals surface area contributed by atoms with Crippen molar-refractivity contribution in [2.75, 3.05) is 11.1 Å². The zero-order chi connectivity index (χ0) is 24.2. The number of nitrogens with one attached hydrogen (secondary N) is 3. The monoisotopic (exact) mass is 449 g/mol. The van der Waals surface area contributed by atoms with Crippen LogP contribution in [0.1, 0.15) is 31.1 Å². The third-order valence-corrected chi connectivity index (χ3v) is 4.41. The molecule has 12 nitrogen and oxygen atoms in total. The molecule has 3 rings (SSSR count). The van der Waals surface area contributed by atoms with E-state index in [2.05, 4.69) is 30.6 Å². The van der Waals surface area contributed by atoms with E-state index in [9.17, 15) is 14.7 Å². The number of aromatic nitrogens is 4. The van der Waals surface area contributed by atoms with Gasteiger partial charge in [-0.15, -0.1) is 0 Å². The summed E-state index contributed by atoms with van der Waals surface area (Å²) in [5.74, 6) is -0.334. The summed E-state index contributed by atoms with van der Waals surface area (Å²) in [5.41, 5.74) is 6.21. The fraction of sp³-hybridized carbons (Fsp3) is 0.190. The third-order valence-electron chi connectivity index (χ3n) is 4.41. The van der Waals surface area contributed by atoms with Gasteiger partial charge in [0.2, 0.25) is 5.96 Å². The van der Waals surface area contributed by atoms with Gasteiger partial charge in [-0.1, -0.05) is 0 Å². The second-order valence-electron chi connectivity index (χ2n) is 7.90. The number of nitrogens with zero attached hydrogens (tertiary/aromatic N) is 5. The van der Waals surface area contributed by atoms with Crippen molar-refractivity contribution in [2.24, 2.45) is 0 Å². The molecule has 0 unspecified atom stereocenters. The Hall–Kier alpha value is -4.61. The van der Waals surface area contributed by atoms with Gasteiger partial charge in [0.05, 0.1) is 5.56 Å². The number of carbonyl (C=O) groups excluding carboxylic acids is 1. The van der Waals surface area contributed by atoms with Gasteiger partial charge in [-0.2, -0.15) is 0 Å². The molecule has 170 valence electrons. The van der Waals surface area contributed by atoms with E-state index in [1.165, 1.54) is 18.6 Å². The highest BCUT2D eigenvalue weighted by Crippen LogP contribution is 2.25. The molecule has 0 aliphatic heterocycles. The largest absolute Gasteiger partial charge is 0.465 e. The number of anilines is 3. The van der Waals surface area contributed by atoms with Crippen molar-refractivity contribution in [2.45, 2.75) is 26.3 Å². The normalized spacial score (nSPS) is 10.9. The van der Waals surface area contributed by atoms with E-state index in [4.69, 9.17) is 11.1 Å². The van der Waals surface area contributed by atoms with Crippen LogP contribution in [0.5, 0.6) is 0 Å². The lowest BCUT2D eigenvalue weighted by atomic mass is 10.1. The summed E-state index contributed by atoms with van der Waals surface area (Å²) in [6.07, 6.45) is 4.71. The first-order valence-electron chi connectivity index (χ1n) is 9.74. The minimum atomic E-state index is -1.37. The van der Waals surface area contributed by atoms with Crippen molar-refractivity contribution in [3.63, 3.8) is 0 Å². The van der Waals surface area contributed by atoms with Gasteiger partial charge in [0.25, 0.3) is 5.91 Å². The molecule has 0 aromatic carbocycles. The first kappa shape index (κ1) is 23.1. The predicted octanol–water partition coefficient (Wildman–Crippen LogP) is 2.70. The molecule has 0 bridgehead atoms. The number of hydrogen-bond donors (Lipinski definition) is 5. The maximum atomic E-state index is 12.8. The molecule has 0 spiro atoms. The van der Waals surface area contributed by atoms with Gasteiger partial charge in [-0.25, -0.2) is 29.6 Å². The Morgan fingerprint density at radius 1 is 1.06 bits per heavy atom. The van der Waals surface area contributed by atoms with Crippen molar-refractivity contribution in [1.82, 2.24) is 30.2 Å². The van der Waals surface area contributed by atoms with Crippen LogP contribution >= 0.6 is 0 Å². The zero-order valence-electron chi connectivity index (χ0n) is 18.2. The molecule has 3 aromatic rings. The number of amides is 2. The van der Waals surface area contributed by atoms with Crippen LogP contribution < -0.4 is 16.4 Å². The molecular formula is C21H23N9O3. The molecule has 0 atom stereocenters. The van der Waals surface area contributed by atoms with Crippen LogP contribution in [0.15, 0.2) is 49.2 Å². The standard InChI is InChI=1S/C21H23N9O3/c1-21(2,3)30(20(32)33)19(23)29-18(31)14-8-13(10-26-17(14)22)12-4-7-25-16(9-12)28-15-5-6-24-11-27-15/h4-11H,1-3H3,(H2,22,26)(H,32,33)(H2,23,29,31)(H,24,25,27,28). The molecule has 0 radical (unpaired) electrons. The van der Waals surface area contributed by atoms with Gasteiger partial charge in [0, 0.05) is 29.7 Å². The highest BCUT2D eigenvalue weighted by Gasteiger charge is 2.31. The summed E-state index contributed by atoms with van der Waals surface area (Å²) >= 11 is 0. The van der Waals surface area contributed by atoms with E-state index < -0.39 is 23.5 Å². The average molecular weight is 449 g/mol. The van der Waals surface area contributed by atoms with E-state index in [0.717, 1.165) is 4.90 Å². The number of guanidine groups is 1. The Morgan fingerprint density at radius 2 is 1.82 bits per heavy atom. The van der Waals surface area contributed by atoms with Crippen LogP contribution in [0.25, 0.3) is 11.1 Å². The molecule has 0 aliphatic carbocycles. The predicted molar refractivity (Wildman–Crippen MR) is 122 cm³/mol. The highest BCUT2D eigenvalue weighted by molar-refractivity contribution is 6.10. The number of hydrogen-bond acceptors (Lipinski definition) is 9. The van der Waals surface area contributed by atoms with E-state index >= 15 is 0 Å². The van der Waals surface area contributed by atoms with Gasteiger partial charge in [0.15, 0.2) is 0 Å². The molecule has 33 heavy (non-hydrogen) atoms. The summed E-state index contributed by atoms with van der Waals surface area (Å²) in [5, 5.41) is 22.8. The molecular weight excluding hydrogens is 426 g/mol. The third kappa shape index (κ3) is 5.55. The Bertz CT molecular complexity index is 1190. The lowest BCUT2D eigenvalue weighted by Crippen LogP contribution is -2.54. The first-order valence-corrected chi connectivity index (χ1v) is 9.74. The number of nitrogens with two attached hydrogens (primary N) is 1. The molecule has 6 N–H and O–H groups in total. The molecule has 3 aromatic heterocycles. The number of nitrogen functional groups attached to an aromatic ring is 1. The van der Waals surface area contributed by atoms with Gasteiger partial charge < -0.3 is 16.2 Å². The van der Waals surface area contributed by atoms with E-state index in [0.29, 0.717) is 22.8 Å². The van der Waals surface area contributed by atoms with E-state index in [1.807, 2.05) is 0 Å². The highest BCUT2D eigenvalue weighted by atomic mass is 16.4. The van der Waals surface area contributed by atoms with Crippen molar-refractivity contribution >= 4 is 35.4 Å². The summed E-state index contributed by atoms with van der Waals surface area (Å²) in [6, 6.07) is 6.67. The average Bonchev–Trinajstić information content (AvgIpc) is 2.73. The SMILES string of the molecule is CC(C)(C)N(C(=N)NC(=O)c1cc(-c2ccnc(Nc3ccncn3)c2)cnc1N)C(=O)O. The molecule has 0 fully saturated rings. The Kier molecular flexibility index (Phi) is 6.47. The molecule has 0 saturated heterocycles. The zero-order valence-corrected chi connectivity index (χ0v) is 18.2. The van der Waals surface area contributed by atoms with Crippen molar-refractivity contribution < 1.29 is 14.7 Å². The number of carbonyl (C=O) groups is 2. The lowest BCUT2D eigenvalue weighted by molar-refractivity contribution is 0.0966. The van der Waals surface area contributed by atoms with Crippen LogP contribution in [0, 0.1) is 5.41 Å². The first-order chi connectivity index (χ1) is 15.6. The lowest BCUT2D eigenvalue weighted by Gasteiger charge is -2.32. The maximum absolute atomic E-state index is 12.8. The van der Waals surface area contributed by atoms with E-state index in [-0.39, 0.29) is 11.4 Å². The molecule has 12 heteroatoms. The second-order valence-corrected chi connectivity index (χ2v) is 7.90. The van der Waals surface area contributed by atoms with Crippen molar-refractivity contribution in [3.8, 4) is 11.1 Å². The van der Waals surface area contributed by atoms with Gasteiger partial charge in [-0.3, -0.25) is 15.5 Å². The van der Waals surface area contributed by atoms with Crippen LogP contribution in [-0.4, -0.2) is 53.4 Å². The summed E-state index contributed by atoms with van der Waals surface area (Å²) < 4.78 is 0. The van der Waals surface area contributed by atoms with Crippen molar-refractivity contribution in [1.29, 1.82) is 5.41 Å². The Balaban J connectivity index is 1.85. The minimum Gasteiger partial charge on any atom is -0.465 e.